The van der Waals surface area contributed by atoms with Crippen LogP contribution in [-0.2, 0) is 0 Å². The van der Waals surface area contributed by atoms with Gasteiger partial charge in [-0.05, 0) is 32.0 Å². The van der Waals surface area contributed by atoms with E-state index in [0.29, 0.717) is 0 Å². The largest absolute Gasteiger partial charge is 1.00 e. The highest BCUT2D eigenvalue weighted by Gasteiger charge is 2.22. The van der Waals surface area contributed by atoms with Crippen LogP contribution in [0, 0.1) is 0 Å². The topological polar surface area (TPSA) is 12.0 Å². The molecule has 0 saturated heterocycles. The highest BCUT2D eigenvalue weighted by Crippen LogP contribution is 2.13. The molecule has 0 atom stereocenters. The van der Waals surface area contributed by atoms with Crippen molar-refractivity contribution in [3.63, 3.8) is 0 Å². The normalized spacial score (nSPS) is 12.4. The Balaban J connectivity index is 0. The van der Waals surface area contributed by atoms with Crippen LogP contribution in [0.1, 0.15) is 40.0 Å². The van der Waals surface area contributed by atoms with Gasteiger partial charge in [0.25, 0.3) is 0 Å². The molecule has 0 fully saturated rings. The molecule has 0 aliphatic heterocycles. The van der Waals surface area contributed by atoms with E-state index in [4.69, 9.17) is 11.8 Å². The number of hydrogen-bond acceptors (Lipinski definition) is 1. The summed E-state index contributed by atoms with van der Waals surface area (Å²) in [6, 6.07) is 0. The van der Waals surface area contributed by atoms with Gasteiger partial charge in [0.2, 0.25) is 0 Å². The molecule has 0 aromatic rings. The third kappa shape index (κ3) is 9.43. The van der Waals surface area contributed by atoms with Crippen LogP contribution in [0.5, 0.6) is 0 Å². The van der Waals surface area contributed by atoms with Gasteiger partial charge in [-0.2, -0.15) is 0 Å². The Morgan fingerprint density at radius 1 is 1.20 bits per heavy atom. The summed E-state index contributed by atoms with van der Waals surface area (Å²) in [5.74, 6) is 0. The molecule has 0 spiro atoms. The minimum atomic E-state index is 0. The van der Waals surface area contributed by atoms with Gasteiger partial charge >= 0.3 is 0 Å². The fourth-order valence-corrected chi connectivity index (χ4v) is 1.42. The first-order valence-electron chi connectivity index (χ1n) is 5.53. The molecule has 0 unspecified atom stereocenters. The molecular formula is C11H26Cl2N2. The minimum absolute atomic E-state index is 0. The Labute approximate surface area is 106 Å². The van der Waals surface area contributed by atoms with Gasteiger partial charge in [0.1, 0.15) is 0 Å². The zero-order chi connectivity index (χ0) is 11.2. The molecular weight excluding hydrogens is 231 g/mol. The quantitative estimate of drug-likeness (QED) is 0.491. The Morgan fingerprint density at radius 2 is 1.73 bits per heavy atom. The van der Waals surface area contributed by atoms with Gasteiger partial charge in [0, 0.05) is 12.0 Å². The van der Waals surface area contributed by atoms with Gasteiger partial charge in [-0.3, -0.25) is 0 Å². The molecule has 1 N–H and O–H groups in total. The fourth-order valence-electron chi connectivity index (χ4n) is 1.33. The highest BCUT2D eigenvalue weighted by atomic mass is 35.5. The van der Waals surface area contributed by atoms with Gasteiger partial charge in [0.05, 0.1) is 27.2 Å². The summed E-state index contributed by atoms with van der Waals surface area (Å²) in [4.78, 5) is 2.83. The van der Waals surface area contributed by atoms with Crippen molar-refractivity contribution < 1.29 is 16.9 Å². The monoisotopic (exact) mass is 256 g/mol. The Bertz CT molecular complexity index is 159. The van der Waals surface area contributed by atoms with Crippen molar-refractivity contribution in [3.05, 3.63) is 0 Å². The van der Waals surface area contributed by atoms with Crippen LogP contribution in [-0.4, -0.2) is 37.2 Å². The molecule has 0 heterocycles. The molecule has 94 valence electrons. The third-order valence-electron chi connectivity index (χ3n) is 2.71. The van der Waals surface area contributed by atoms with Crippen LogP contribution in [0.4, 0.5) is 0 Å². The lowest BCUT2D eigenvalue weighted by molar-refractivity contribution is -0.891. The number of hydrogen-bond donors (Lipinski definition) is 1. The molecule has 0 bridgehead atoms. The van der Waals surface area contributed by atoms with Crippen molar-refractivity contribution >= 4 is 11.8 Å². The molecule has 0 aliphatic carbocycles. The van der Waals surface area contributed by atoms with E-state index in [2.05, 4.69) is 39.7 Å². The van der Waals surface area contributed by atoms with Gasteiger partial charge in [-0.1, -0.05) is 13.3 Å². The Hall–Kier alpha value is 0.500. The molecule has 4 heteroatoms. The summed E-state index contributed by atoms with van der Waals surface area (Å²) in [6.45, 7) is 8.95. The van der Waals surface area contributed by atoms with Crippen LogP contribution in [0.2, 0.25) is 0 Å². The molecule has 0 saturated carbocycles. The van der Waals surface area contributed by atoms with E-state index in [9.17, 15) is 0 Å². The third-order valence-corrected chi connectivity index (χ3v) is 3.23. The van der Waals surface area contributed by atoms with E-state index in [-0.39, 0.29) is 17.9 Å². The molecule has 0 radical (unpaired) electrons. The maximum Gasteiger partial charge on any atom is 0.0800 e. The molecule has 0 aromatic heterocycles. The average Bonchev–Trinajstić information content (AvgIpc) is 2.12. The lowest BCUT2D eigenvalue weighted by Gasteiger charge is -2.33. The predicted octanol–water partition coefficient (Wildman–Crippen LogP) is -0.221. The van der Waals surface area contributed by atoms with Crippen molar-refractivity contribution in [1.82, 2.24) is 4.84 Å². The van der Waals surface area contributed by atoms with Crippen molar-refractivity contribution in [2.45, 2.75) is 45.6 Å². The van der Waals surface area contributed by atoms with E-state index in [1.165, 1.54) is 25.9 Å². The molecule has 2 nitrogen and oxygen atoms in total. The minimum Gasteiger partial charge on any atom is -1.00 e. The summed E-state index contributed by atoms with van der Waals surface area (Å²) in [6.07, 6.45) is 3.69. The molecule has 0 aromatic carbocycles. The first-order chi connectivity index (χ1) is 6.33. The van der Waals surface area contributed by atoms with Crippen LogP contribution >= 0.6 is 11.8 Å². The number of halogens is 2. The smallest absolute Gasteiger partial charge is 0.0800 e. The average molecular weight is 257 g/mol. The Kier molecular flexibility index (Phi) is 9.20. The number of nitrogens with zero attached hydrogens (tertiary/aromatic N) is 1. The summed E-state index contributed by atoms with van der Waals surface area (Å²) >= 11 is 5.67. The van der Waals surface area contributed by atoms with Crippen molar-refractivity contribution in [2.75, 3.05) is 27.2 Å². The van der Waals surface area contributed by atoms with Crippen LogP contribution in [0.3, 0.4) is 0 Å². The summed E-state index contributed by atoms with van der Waals surface area (Å²) in [7, 11) is 4.58. The van der Waals surface area contributed by atoms with E-state index in [1.54, 1.807) is 0 Å². The van der Waals surface area contributed by atoms with Gasteiger partial charge in [-0.25, -0.2) is 4.84 Å². The summed E-state index contributed by atoms with van der Waals surface area (Å²) in [5, 5.41) is 0. The van der Waals surface area contributed by atoms with Crippen molar-refractivity contribution in [3.8, 4) is 0 Å². The molecule has 0 amide bonds. The molecule has 0 rings (SSSR count). The van der Waals surface area contributed by atoms with Crippen LogP contribution in [0.15, 0.2) is 0 Å². The van der Waals surface area contributed by atoms with Gasteiger partial charge in [0.15, 0.2) is 0 Å². The SMILES string of the molecule is CCCC[N+](C)(C)CCC(C)(C)NCl.[Cl-]. The number of unbranched alkanes of at least 4 members (excludes halogenated alkanes) is 1. The summed E-state index contributed by atoms with van der Waals surface area (Å²) in [5.41, 5.74) is 0.0449. The number of quaternary nitrogens is 1. The number of nitrogens with one attached hydrogen (secondary N) is 1. The zero-order valence-corrected chi connectivity index (χ0v) is 12.3. The van der Waals surface area contributed by atoms with Crippen molar-refractivity contribution in [2.24, 2.45) is 0 Å². The standard InChI is InChI=1S/C11H26ClN2.ClH/c1-6-7-9-14(4,5)10-8-11(2,3)13-12;/h13H,6-10H2,1-5H3;1H/q+1;/p-1. The van der Waals surface area contributed by atoms with E-state index in [0.717, 1.165) is 10.9 Å². The van der Waals surface area contributed by atoms with E-state index in [1.807, 2.05) is 0 Å². The Morgan fingerprint density at radius 3 is 2.13 bits per heavy atom. The van der Waals surface area contributed by atoms with Gasteiger partial charge < -0.3 is 16.9 Å². The first kappa shape index (κ1) is 17.9. The lowest BCUT2D eigenvalue weighted by Crippen LogP contribution is -3.00. The second-order valence-electron chi connectivity index (χ2n) is 5.46. The fraction of sp³-hybridized carbons (Fsp3) is 1.00. The highest BCUT2D eigenvalue weighted by molar-refractivity contribution is 6.13. The zero-order valence-electron chi connectivity index (χ0n) is 10.7. The first-order valence-corrected chi connectivity index (χ1v) is 5.90. The van der Waals surface area contributed by atoms with Gasteiger partial charge in [-0.15, -0.1) is 0 Å². The van der Waals surface area contributed by atoms with Crippen molar-refractivity contribution in [1.29, 1.82) is 0 Å². The lowest BCUT2D eigenvalue weighted by atomic mass is 10.0. The second-order valence-corrected chi connectivity index (χ2v) is 5.65. The second kappa shape index (κ2) is 7.72. The molecule has 15 heavy (non-hydrogen) atoms. The van der Waals surface area contributed by atoms with Crippen LogP contribution < -0.4 is 17.2 Å². The molecule has 0 aliphatic rings. The van der Waals surface area contributed by atoms with E-state index < -0.39 is 0 Å². The maximum absolute atomic E-state index is 5.67. The van der Waals surface area contributed by atoms with Crippen LogP contribution in [0.25, 0.3) is 0 Å². The van der Waals surface area contributed by atoms with E-state index >= 15 is 0 Å². The maximum atomic E-state index is 5.67. The summed E-state index contributed by atoms with van der Waals surface area (Å²) < 4.78 is 1.09. The number of rotatable bonds is 7. The predicted molar refractivity (Wildman–Crippen MR) is 64.4 cm³/mol.